The van der Waals surface area contributed by atoms with Crippen molar-refractivity contribution >= 4 is 24.2 Å². The van der Waals surface area contributed by atoms with Gasteiger partial charge in [-0.2, -0.15) is 0 Å². The van der Waals surface area contributed by atoms with Crippen molar-refractivity contribution in [3.8, 4) is 0 Å². The highest BCUT2D eigenvalue weighted by molar-refractivity contribution is 5.80. The quantitative estimate of drug-likeness (QED) is 0.0264. The zero-order valence-corrected chi connectivity index (χ0v) is 63.3. The maximum Gasteiger partial charge on any atom is 0.335 e. The molecule has 0 spiro atoms. The van der Waals surface area contributed by atoms with E-state index >= 15 is 4.79 Å². The van der Waals surface area contributed by atoms with Gasteiger partial charge in [0.2, 0.25) is 6.29 Å². The minimum absolute atomic E-state index is 0.0136. The van der Waals surface area contributed by atoms with Crippen molar-refractivity contribution in [2.75, 3.05) is 13.2 Å². The number of hydrogen-bond donors (Lipinski definition) is 18. The van der Waals surface area contributed by atoms with Gasteiger partial charge in [-0.15, -0.1) is 0 Å². The molecule has 7 heterocycles. The van der Waals surface area contributed by atoms with Gasteiger partial charge in [0.05, 0.1) is 55.3 Å². The zero-order chi connectivity index (χ0) is 80.6. The van der Waals surface area contributed by atoms with E-state index in [0.29, 0.717) is 38.5 Å². The highest BCUT2D eigenvalue weighted by atomic mass is 16.8. The normalized spacial score (nSPS) is 54.4. The smallest absolute Gasteiger partial charge is 0.335 e. The number of aldehydes is 1. The minimum Gasteiger partial charge on any atom is -0.479 e. The van der Waals surface area contributed by atoms with Gasteiger partial charge < -0.3 is 168 Å². The number of allylic oxidation sites excluding steroid dienone is 2. The number of hydrogen-bond acceptors (Lipinski definition) is 36. The Hall–Kier alpha value is -3.38. The fourth-order valence-electron chi connectivity index (χ4n) is 20.7. The molecule has 7 saturated heterocycles. The Labute approximate surface area is 634 Å². The van der Waals surface area contributed by atoms with Gasteiger partial charge in [-0.3, -0.25) is 9.59 Å². The molecule has 0 unspecified atom stereocenters. The lowest BCUT2D eigenvalue weighted by atomic mass is 9.33. The Bertz CT molecular complexity index is 3280. The predicted octanol–water partition coefficient (Wildman–Crippen LogP) is -5.00. The monoisotopic (exact) mass is 1580 g/mol. The first-order valence-electron chi connectivity index (χ1n) is 38.2. The third-order valence-electron chi connectivity index (χ3n) is 27.4. The number of aliphatic carboxylic acids is 1. The highest BCUT2D eigenvalue weighted by Crippen LogP contribution is 2.76. The molecule has 37 heteroatoms. The van der Waals surface area contributed by atoms with E-state index in [1.807, 2.05) is 0 Å². The van der Waals surface area contributed by atoms with E-state index in [-0.39, 0.29) is 25.2 Å². The number of rotatable bonds is 18. The molecule has 5 aliphatic carbocycles. The average Bonchev–Trinajstić information content (AvgIpc) is 0.669. The van der Waals surface area contributed by atoms with Crippen LogP contribution in [0.25, 0.3) is 0 Å². The number of aliphatic hydroxyl groups is 17. The summed E-state index contributed by atoms with van der Waals surface area (Å²) in [5.74, 6) is -5.16. The van der Waals surface area contributed by atoms with Crippen LogP contribution in [-0.4, -0.2) is 350 Å². The standard InChI is InChI=1S/C73H114O37/c1-25-38(79)42(83)47(88)61(97-25)105-54-51(92)55(59(93)94)106-66(57(54)108-64-49(90)44(85)41(82)33(22-74)102-64)103-37-15-16-69(8)34(70(37,9)24-75)14-17-71(10)35(69)13-12-30-31-20-68(6,7)18-19-73(31,36(78)21-72(30,71)11)67(95)110-65-58(56(53(28(4)100-65)101-29(5)76)107-62-48(89)43(84)39(80)26(2)98-62)109-63-50(91)45(86)52(27(3)99-63)104-60-46(87)40(81)32(77)23-96-60/h12,24-28,31-58,60-66,74,77-92H,13-23H2,1-11H3,(H,93,94)/t25-,26-,27-,28+,31-,32+,33+,34+,35+,36+,37-,38-,39-,40-,41-,42+,43+,44-,45-,46+,47+,48+,49+,50+,51-,52-,53-,54-,55-,56-,57+,58+,60-,61-,62-,63-,64-,65-,66+,69-,70-,71+,72+,73+/m0/s1. The molecule has 44 atom stereocenters. The van der Waals surface area contributed by atoms with Crippen LogP contribution >= 0.6 is 0 Å². The lowest BCUT2D eigenvalue weighted by Crippen LogP contribution is -2.70. The maximum atomic E-state index is 16.3. The van der Waals surface area contributed by atoms with Crippen molar-refractivity contribution in [1.29, 1.82) is 0 Å². The number of aliphatic hydroxyl groups excluding tert-OH is 17. The van der Waals surface area contributed by atoms with Crippen LogP contribution in [-0.2, 0) is 90.2 Å². The number of carbonyl (C=O) groups excluding carboxylic acids is 3. The Morgan fingerprint density at radius 1 is 0.491 bits per heavy atom. The number of fused-ring (bicyclic) bond motifs is 7. The molecule has 628 valence electrons. The van der Waals surface area contributed by atoms with Gasteiger partial charge in [0, 0.05) is 6.92 Å². The topological polar surface area (TPSA) is 571 Å². The lowest BCUT2D eigenvalue weighted by Gasteiger charge is -2.71. The van der Waals surface area contributed by atoms with Gasteiger partial charge in [-0.05, 0) is 125 Å². The summed E-state index contributed by atoms with van der Waals surface area (Å²) >= 11 is 0. The van der Waals surface area contributed by atoms with Gasteiger partial charge in [-0.25, -0.2) is 4.79 Å². The van der Waals surface area contributed by atoms with Crippen molar-refractivity contribution in [3.05, 3.63) is 11.6 Å². The molecule has 7 aliphatic heterocycles. The fraction of sp³-hybridized carbons (Fsp3) is 0.918. The molecule has 0 aromatic heterocycles. The molecule has 110 heavy (non-hydrogen) atoms. The molecule has 12 rings (SSSR count). The number of carboxylic acids is 1. The molecule has 0 amide bonds. The molecule has 11 fully saturated rings. The van der Waals surface area contributed by atoms with E-state index in [1.165, 1.54) is 27.7 Å². The summed E-state index contributed by atoms with van der Waals surface area (Å²) < 4.78 is 92.0. The van der Waals surface area contributed by atoms with Gasteiger partial charge in [-0.1, -0.05) is 53.2 Å². The van der Waals surface area contributed by atoms with Crippen LogP contribution in [0, 0.1) is 50.2 Å². The maximum absolute atomic E-state index is 16.3. The van der Waals surface area contributed by atoms with E-state index in [2.05, 4.69) is 40.7 Å². The van der Waals surface area contributed by atoms with Gasteiger partial charge >= 0.3 is 17.9 Å². The van der Waals surface area contributed by atoms with Crippen LogP contribution in [0.5, 0.6) is 0 Å². The van der Waals surface area contributed by atoms with Crippen LogP contribution in [0.3, 0.4) is 0 Å². The summed E-state index contributed by atoms with van der Waals surface area (Å²) in [5, 5.41) is 200. The van der Waals surface area contributed by atoms with E-state index in [1.54, 1.807) is 6.92 Å². The number of carbonyl (C=O) groups is 4. The molecular weight excluding hydrogens is 1470 g/mol. The van der Waals surface area contributed by atoms with Crippen molar-refractivity contribution in [1.82, 2.24) is 0 Å². The fourth-order valence-corrected chi connectivity index (χ4v) is 20.7. The second-order valence-electron chi connectivity index (χ2n) is 34.6. The van der Waals surface area contributed by atoms with Crippen molar-refractivity contribution in [2.24, 2.45) is 50.2 Å². The van der Waals surface area contributed by atoms with E-state index in [9.17, 15) is 106 Å². The minimum atomic E-state index is -2.25. The molecule has 18 N–H and O–H groups in total. The van der Waals surface area contributed by atoms with Crippen LogP contribution in [0.4, 0.5) is 0 Å². The van der Waals surface area contributed by atoms with Crippen LogP contribution in [0.2, 0.25) is 0 Å². The molecule has 4 saturated carbocycles. The van der Waals surface area contributed by atoms with Crippen LogP contribution < -0.4 is 0 Å². The summed E-state index contributed by atoms with van der Waals surface area (Å²) in [6.07, 6.45) is -58.6. The zero-order valence-electron chi connectivity index (χ0n) is 63.3. The van der Waals surface area contributed by atoms with Crippen molar-refractivity contribution in [2.45, 2.75) is 355 Å². The third kappa shape index (κ3) is 14.8. The van der Waals surface area contributed by atoms with E-state index in [0.717, 1.165) is 18.8 Å². The first kappa shape index (κ1) is 86.0. The Morgan fingerprint density at radius 3 is 1.59 bits per heavy atom. The largest absolute Gasteiger partial charge is 0.479 e. The van der Waals surface area contributed by atoms with E-state index < -0.39 is 296 Å². The lowest BCUT2D eigenvalue weighted by molar-refractivity contribution is -0.394. The Kier molecular flexibility index (Phi) is 25.1. The van der Waals surface area contributed by atoms with Gasteiger partial charge in [0.15, 0.2) is 56.1 Å². The van der Waals surface area contributed by atoms with Gasteiger partial charge in [0.25, 0.3) is 0 Å². The number of esters is 2. The van der Waals surface area contributed by atoms with Crippen molar-refractivity contribution in [3.63, 3.8) is 0 Å². The Morgan fingerprint density at radius 2 is 1.01 bits per heavy atom. The molecule has 0 radical (unpaired) electrons. The second kappa shape index (κ2) is 32.2. The van der Waals surface area contributed by atoms with Crippen LogP contribution in [0.1, 0.15) is 134 Å². The Balaban J connectivity index is 0.850. The van der Waals surface area contributed by atoms with Gasteiger partial charge in [0.1, 0.15) is 134 Å². The molecule has 0 bridgehead atoms. The summed E-state index contributed by atoms with van der Waals surface area (Å²) in [6.45, 7) is 17.4. The van der Waals surface area contributed by atoms with E-state index in [4.69, 9.17) is 71.1 Å². The SMILES string of the molecule is CC(=O)O[C@@H]1[C@H](O[C@@H]2O[C@@H](C)[C@H](O)[C@@H](O)[C@H]2O)[C@@H](O[C@@H]2O[C@@H](C)[C@H](O[C@@H]3OC[C@@H](O)[C@H](O)[C@H]3O)[C@@H](O)[C@H]2O)[C@H](OC(=O)[C@]23CCC(C)(C)C[C@H]2C2=CC[C@@H]4[C@@]5(C)CC[C@H](O[C@@H]6O[C@H](C(=O)O)[C@@H](O)[C@H](O[C@@H]7O[C@@H](C)[C@H](O)[C@@H](O)[C@H]7O)[C@H]6O[C@@H]6O[C@H](CO)[C@H](O)[C@H](O)[C@H]6O)[C@@](C)(C=O)[C@@H]5CC[C@@]4(C)[C@]2(C)C[C@H]3O)O[C@@H]1C. The molecule has 37 nitrogen and oxygen atoms in total. The average molecular weight is 1580 g/mol. The summed E-state index contributed by atoms with van der Waals surface area (Å²) in [7, 11) is 0. The first-order chi connectivity index (χ1) is 51.4. The first-order valence-corrected chi connectivity index (χ1v) is 38.2. The van der Waals surface area contributed by atoms with Crippen LogP contribution in [0.15, 0.2) is 11.6 Å². The summed E-state index contributed by atoms with van der Waals surface area (Å²) in [5.41, 5.74) is -5.20. The predicted molar refractivity (Wildman–Crippen MR) is 361 cm³/mol. The number of carboxylic acid groups (broad SMARTS) is 1. The molecular formula is C73H114O37. The number of ether oxygens (including phenoxy) is 15. The molecule has 0 aromatic carbocycles. The van der Waals surface area contributed by atoms with Crippen molar-refractivity contribution < 1.29 is 182 Å². The summed E-state index contributed by atoms with van der Waals surface area (Å²) in [4.78, 5) is 56.8. The second-order valence-corrected chi connectivity index (χ2v) is 34.6. The molecule has 0 aromatic rings. The molecule has 12 aliphatic rings. The summed E-state index contributed by atoms with van der Waals surface area (Å²) in [6, 6.07) is 0. The highest BCUT2D eigenvalue weighted by Gasteiger charge is 2.73. The third-order valence-corrected chi connectivity index (χ3v) is 27.4.